The number of likely N-dealkylation sites (N-methyl/N-ethyl adjacent to an activating group) is 1. The predicted molar refractivity (Wildman–Crippen MR) is 92.8 cm³/mol. The minimum atomic E-state index is -1.12. The second-order valence-corrected chi connectivity index (χ2v) is 6.12. The lowest BCUT2D eigenvalue weighted by Crippen LogP contribution is -2.32. The Bertz CT molecular complexity index is 890. The summed E-state index contributed by atoms with van der Waals surface area (Å²) in [5.74, 6) is -0.660. The fourth-order valence-electron chi connectivity index (χ4n) is 3.44. The molecule has 0 bridgehead atoms. The van der Waals surface area contributed by atoms with Crippen LogP contribution in [0.1, 0.15) is 11.1 Å². The van der Waals surface area contributed by atoms with Crippen LogP contribution in [0.25, 0.3) is 6.08 Å². The summed E-state index contributed by atoms with van der Waals surface area (Å²) in [5, 5.41) is 0. The number of hydrogen-bond donors (Lipinski definition) is 0. The van der Waals surface area contributed by atoms with Gasteiger partial charge in [0, 0.05) is 12.6 Å². The topological polar surface area (TPSA) is 59.1 Å². The molecule has 0 saturated carbocycles. The first-order valence-corrected chi connectivity index (χ1v) is 8.00. The smallest absolute Gasteiger partial charge is 0.336 e. The zero-order chi connectivity index (χ0) is 17.6. The van der Waals surface area contributed by atoms with Crippen LogP contribution in [0, 0.1) is 0 Å². The summed E-state index contributed by atoms with van der Waals surface area (Å²) in [6, 6.07) is 16.9. The average Bonchev–Trinajstić information content (AvgIpc) is 3.37. The SMILES string of the molecule is COC(=O)/C(=C/c1ccccc1)[C@@H]1OC12C(=O)N(C)c1ccccc12. The molecule has 0 N–H and O–H groups in total. The van der Waals surface area contributed by atoms with Crippen LogP contribution in [-0.4, -0.2) is 32.1 Å². The molecular formula is C20H17NO4. The summed E-state index contributed by atoms with van der Waals surface area (Å²) in [5.41, 5.74) is 1.65. The molecular weight excluding hydrogens is 318 g/mol. The number of anilines is 1. The van der Waals surface area contributed by atoms with Gasteiger partial charge in [-0.1, -0.05) is 48.5 Å². The number of hydrogen-bond acceptors (Lipinski definition) is 4. The quantitative estimate of drug-likeness (QED) is 0.491. The monoisotopic (exact) mass is 335 g/mol. The highest BCUT2D eigenvalue weighted by molar-refractivity contribution is 6.11. The van der Waals surface area contributed by atoms with Crippen LogP contribution in [0.15, 0.2) is 60.2 Å². The molecule has 5 heteroatoms. The van der Waals surface area contributed by atoms with Gasteiger partial charge >= 0.3 is 5.97 Å². The van der Waals surface area contributed by atoms with Gasteiger partial charge in [-0.25, -0.2) is 4.79 Å². The number of epoxide rings is 1. The van der Waals surface area contributed by atoms with E-state index < -0.39 is 17.7 Å². The standard InChI is InChI=1S/C20H17NO4/c1-21-16-11-7-6-10-15(16)20(19(21)23)17(25-20)14(18(22)24-2)12-13-8-4-3-5-9-13/h3-12,17H,1-2H3/b14-12+/t17-,20?/m0/s1. The van der Waals surface area contributed by atoms with E-state index in [0.29, 0.717) is 5.57 Å². The second kappa shape index (κ2) is 5.57. The summed E-state index contributed by atoms with van der Waals surface area (Å²) in [7, 11) is 3.04. The van der Waals surface area contributed by atoms with Crippen molar-refractivity contribution < 1.29 is 19.1 Å². The maximum absolute atomic E-state index is 12.8. The highest BCUT2D eigenvalue weighted by atomic mass is 16.6. The Morgan fingerprint density at radius 2 is 1.84 bits per heavy atom. The van der Waals surface area contributed by atoms with Crippen molar-refractivity contribution >= 4 is 23.6 Å². The van der Waals surface area contributed by atoms with E-state index >= 15 is 0 Å². The normalized spacial score (nSPS) is 24.4. The molecule has 2 aromatic carbocycles. The van der Waals surface area contributed by atoms with Gasteiger partial charge in [0.2, 0.25) is 5.60 Å². The molecule has 25 heavy (non-hydrogen) atoms. The van der Waals surface area contributed by atoms with E-state index in [4.69, 9.17) is 9.47 Å². The minimum Gasteiger partial charge on any atom is -0.466 e. The Labute approximate surface area is 145 Å². The maximum Gasteiger partial charge on any atom is 0.336 e. The Morgan fingerprint density at radius 1 is 1.16 bits per heavy atom. The number of methoxy groups -OCH3 is 1. The van der Waals surface area contributed by atoms with Gasteiger partial charge in [0.05, 0.1) is 18.4 Å². The fraction of sp³-hybridized carbons (Fsp3) is 0.200. The van der Waals surface area contributed by atoms with Gasteiger partial charge in [-0.3, -0.25) is 4.79 Å². The van der Waals surface area contributed by atoms with Crippen molar-refractivity contribution in [2.24, 2.45) is 0 Å². The molecule has 0 aliphatic carbocycles. The largest absolute Gasteiger partial charge is 0.466 e. The number of amides is 1. The van der Waals surface area contributed by atoms with Crippen molar-refractivity contribution in [1.29, 1.82) is 0 Å². The van der Waals surface area contributed by atoms with Crippen molar-refractivity contribution in [1.82, 2.24) is 0 Å². The van der Waals surface area contributed by atoms with Crippen molar-refractivity contribution in [3.8, 4) is 0 Å². The zero-order valence-corrected chi connectivity index (χ0v) is 13.9. The average molecular weight is 335 g/mol. The van der Waals surface area contributed by atoms with E-state index in [1.807, 2.05) is 54.6 Å². The first-order valence-electron chi connectivity index (χ1n) is 8.00. The molecule has 1 fully saturated rings. The lowest BCUT2D eigenvalue weighted by molar-refractivity contribution is -0.136. The number of fused-ring (bicyclic) bond motifs is 2. The zero-order valence-electron chi connectivity index (χ0n) is 13.9. The molecule has 2 heterocycles. The maximum atomic E-state index is 12.8. The number of ether oxygens (including phenoxy) is 2. The number of rotatable bonds is 3. The molecule has 2 aliphatic rings. The Kier molecular flexibility index (Phi) is 3.47. The van der Waals surface area contributed by atoms with Gasteiger partial charge < -0.3 is 14.4 Å². The van der Waals surface area contributed by atoms with Crippen molar-refractivity contribution in [2.75, 3.05) is 19.1 Å². The number of nitrogens with zero attached hydrogens (tertiary/aromatic N) is 1. The molecule has 5 nitrogen and oxygen atoms in total. The van der Waals surface area contributed by atoms with Crippen LogP contribution in [0.5, 0.6) is 0 Å². The molecule has 0 aromatic heterocycles. The third-order valence-electron chi connectivity index (χ3n) is 4.73. The first-order chi connectivity index (χ1) is 12.1. The van der Waals surface area contributed by atoms with E-state index in [-0.39, 0.29) is 5.91 Å². The molecule has 1 spiro atoms. The predicted octanol–water partition coefficient (Wildman–Crippen LogP) is 2.51. The van der Waals surface area contributed by atoms with E-state index in [1.165, 1.54) is 7.11 Å². The van der Waals surface area contributed by atoms with Crippen LogP contribution in [0.3, 0.4) is 0 Å². The van der Waals surface area contributed by atoms with Gasteiger partial charge in [-0.05, 0) is 17.7 Å². The third kappa shape index (κ3) is 2.20. The lowest BCUT2D eigenvalue weighted by atomic mass is 9.92. The fourth-order valence-corrected chi connectivity index (χ4v) is 3.44. The Hall–Kier alpha value is -2.92. The molecule has 2 aliphatic heterocycles. The third-order valence-corrected chi connectivity index (χ3v) is 4.73. The molecule has 0 radical (unpaired) electrons. The van der Waals surface area contributed by atoms with Crippen molar-refractivity contribution in [3.63, 3.8) is 0 Å². The molecule has 1 amide bonds. The number of benzene rings is 2. The summed E-state index contributed by atoms with van der Waals surface area (Å²) in [6.07, 6.45) is 1.07. The number of para-hydroxylation sites is 1. The molecule has 2 aromatic rings. The minimum absolute atomic E-state index is 0.165. The summed E-state index contributed by atoms with van der Waals surface area (Å²) in [4.78, 5) is 26.8. The van der Waals surface area contributed by atoms with Crippen LogP contribution >= 0.6 is 0 Å². The number of carbonyl (C=O) groups is 2. The molecule has 1 unspecified atom stereocenters. The van der Waals surface area contributed by atoms with E-state index in [1.54, 1.807) is 18.0 Å². The van der Waals surface area contributed by atoms with Gasteiger partial charge in [0.15, 0.2) is 0 Å². The van der Waals surface area contributed by atoms with Gasteiger partial charge in [0.1, 0.15) is 6.10 Å². The molecule has 1 saturated heterocycles. The van der Waals surface area contributed by atoms with E-state index in [9.17, 15) is 9.59 Å². The van der Waals surface area contributed by atoms with Crippen LogP contribution in [0.4, 0.5) is 5.69 Å². The lowest BCUT2D eigenvalue weighted by Gasteiger charge is -2.09. The van der Waals surface area contributed by atoms with Crippen molar-refractivity contribution in [3.05, 3.63) is 71.3 Å². The van der Waals surface area contributed by atoms with Crippen LogP contribution < -0.4 is 4.90 Å². The first kappa shape index (κ1) is 15.6. The van der Waals surface area contributed by atoms with Gasteiger partial charge in [-0.2, -0.15) is 0 Å². The summed E-state index contributed by atoms with van der Waals surface area (Å²) < 4.78 is 10.8. The summed E-state index contributed by atoms with van der Waals surface area (Å²) in [6.45, 7) is 0. The summed E-state index contributed by atoms with van der Waals surface area (Å²) >= 11 is 0. The van der Waals surface area contributed by atoms with E-state index in [2.05, 4.69) is 0 Å². The number of esters is 1. The van der Waals surface area contributed by atoms with Gasteiger partial charge in [0.25, 0.3) is 5.91 Å². The Morgan fingerprint density at radius 3 is 2.56 bits per heavy atom. The highest BCUT2D eigenvalue weighted by Crippen LogP contribution is 2.57. The van der Waals surface area contributed by atoms with E-state index in [0.717, 1.165) is 16.8 Å². The van der Waals surface area contributed by atoms with Crippen LogP contribution in [-0.2, 0) is 24.7 Å². The molecule has 126 valence electrons. The Balaban J connectivity index is 1.78. The van der Waals surface area contributed by atoms with Gasteiger partial charge in [-0.15, -0.1) is 0 Å². The highest BCUT2D eigenvalue weighted by Gasteiger charge is 2.71. The molecule has 4 rings (SSSR count). The van der Waals surface area contributed by atoms with Crippen LogP contribution in [0.2, 0.25) is 0 Å². The van der Waals surface area contributed by atoms with Crippen molar-refractivity contribution in [2.45, 2.75) is 11.7 Å². The number of carbonyl (C=O) groups excluding carboxylic acids is 2. The molecule has 2 atom stereocenters. The second-order valence-electron chi connectivity index (χ2n) is 6.12.